The Labute approximate surface area is 218 Å². The van der Waals surface area contributed by atoms with E-state index in [1.165, 1.54) is 25.0 Å². The van der Waals surface area contributed by atoms with Crippen LogP contribution in [0.2, 0.25) is 0 Å². The fourth-order valence-corrected chi connectivity index (χ4v) is 5.17. The fraction of sp³-hybridized carbons (Fsp3) is 0.444. The van der Waals surface area contributed by atoms with Crippen LogP contribution in [0, 0.1) is 23.5 Å². The molecular weight excluding hydrogens is 494 g/mol. The van der Waals surface area contributed by atoms with Gasteiger partial charge >= 0.3 is 0 Å². The van der Waals surface area contributed by atoms with E-state index < -0.39 is 35.0 Å². The molecule has 0 spiro atoms. The molecule has 9 nitrogen and oxygen atoms in total. The molecule has 11 heteroatoms. The van der Waals surface area contributed by atoms with E-state index in [-0.39, 0.29) is 22.9 Å². The zero-order valence-corrected chi connectivity index (χ0v) is 20.7. The molecule has 3 fully saturated rings. The Morgan fingerprint density at radius 2 is 1.82 bits per heavy atom. The third-order valence-electron chi connectivity index (χ3n) is 7.62. The standard InChI is InChI=1S/C27H28F2N6O3/c28-18-3-1-4-19(29)23(18)22-13-21(34-38-22)25(37)32-20-7-12-35(14-16-5-6-16)15-17(20)24(36)33-27(8-9-27)26-30-10-2-11-31-26/h1-4,10-11,13,16-17,20H,5-9,12,14-15H2,(H,32,37)(H,33,36)/t17-,20-/m1/s1. The third kappa shape index (κ3) is 5.02. The minimum Gasteiger partial charge on any atom is -0.355 e. The van der Waals surface area contributed by atoms with Crippen molar-refractivity contribution in [3.8, 4) is 11.3 Å². The van der Waals surface area contributed by atoms with E-state index in [9.17, 15) is 18.4 Å². The summed E-state index contributed by atoms with van der Waals surface area (Å²) in [5.74, 6) is -1.77. The molecule has 6 rings (SSSR count). The number of aromatic nitrogens is 3. The third-order valence-corrected chi connectivity index (χ3v) is 7.62. The minimum absolute atomic E-state index is 0.112. The van der Waals surface area contributed by atoms with E-state index in [4.69, 9.17) is 4.52 Å². The molecule has 2 N–H and O–H groups in total. The van der Waals surface area contributed by atoms with Crippen molar-refractivity contribution in [2.45, 2.75) is 43.7 Å². The van der Waals surface area contributed by atoms with Crippen LogP contribution in [0.3, 0.4) is 0 Å². The van der Waals surface area contributed by atoms with Crippen LogP contribution in [-0.2, 0) is 10.3 Å². The molecule has 0 radical (unpaired) electrons. The van der Waals surface area contributed by atoms with Gasteiger partial charge in [-0.05, 0) is 56.2 Å². The highest BCUT2D eigenvalue weighted by Crippen LogP contribution is 2.44. The van der Waals surface area contributed by atoms with Gasteiger partial charge in [-0.2, -0.15) is 0 Å². The summed E-state index contributed by atoms with van der Waals surface area (Å²) in [6, 6.07) is 5.95. The highest BCUT2D eigenvalue weighted by Gasteiger charge is 2.50. The summed E-state index contributed by atoms with van der Waals surface area (Å²) in [6.45, 7) is 2.21. The molecule has 3 aromatic rings. The molecule has 38 heavy (non-hydrogen) atoms. The molecule has 2 atom stereocenters. The predicted molar refractivity (Wildman–Crippen MR) is 131 cm³/mol. The maximum absolute atomic E-state index is 14.2. The van der Waals surface area contributed by atoms with Gasteiger partial charge in [-0.15, -0.1) is 0 Å². The van der Waals surface area contributed by atoms with Crippen molar-refractivity contribution in [3.05, 3.63) is 65.9 Å². The normalized spacial score (nSPS) is 22.6. The van der Waals surface area contributed by atoms with Gasteiger partial charge in [0.25, 0.3) is 5.91 Å². The van der Waals surface area contributed by atoms with Crippen molar-refractivity contribution in [3.63, 3.8) is 0 Å². The van der Waals surface area contributed by atoms with Gasteiger partial charge in [-0.3, -0.25) is 9.59 Å². The van der Waals surface area contributed by atoms with E-state index in [0.717, 1.165) is 38.1 Å². The van der Waals surface area contributed by atoms with Gasteiger partial charge in [-0.1, -0.05) is 11.2 Å². The minimum atomic E-state index is -0.815. The topological polar surface area (TPSA) is 113 Å². The number of hydrogen-bond acceptors (Lipinski definition) is 7. The van der Waals surface area contributed by atoms with E-state index in [1.54, 1.807) is 18.5 Å². The smallest absolute Gasteiger partial charge is 0.273 e. The van der Waals surface area contributed by atoms with Gasteiger partial charge < -0.3 is 20.1 Å². The molecule has 198 valence electrons. The Morgan fingerprint density at radius 3 is 2.50 bits per heavy atom. The molecule has 0 unspecified atom stereocenters. The summed E-state index contributed by atoms with van der Waals surface area (Å²) in [5, 5.41) is 9.83. The summed E-state index contributed by atoms with van der Waals surface area (Å²) in [6.07, 6.45) is 7.83. The second kappa shape index (κ2) is 9.86. The van der Waals surface area contributed by atoms with Crippen LogP contribution in [0.5, 0.6) is 0 Å². The van der Waals surface area contributed by atoms with Crippen LogP contribution in [0.25, 0.3) is 11.3 Å². The summed E-state index contributed by atoms with van der Waals surface area (Å²) >= 11 is 0. The van der Waals surface area contributed by atoms with Crippen molar-refractivity contribution in [1.29, 1.82) is 0 Å². The molecule has 1 aromatic carbocycles. The maximum Gasteiger partial charge on any atom is 0.273 e. The number of hydrogen-bond donors (Lipinski definition) is 2. The second-order valence-corrected chi connectivity index (χ2v) is 10.5. The lowest BCUT2D eigenvalue weighted by Crippen LogP contribution is -2.57. The molecule has 2 amide bonds. The number of carbonyl (C=O) groups is 2. The Bertz CT molecular complexity index is 1320. The average molecular weight is 523 g/mol. The number of rotatable bonds is 8. The average Bonchev–Trinajstić information content (AvgIpc) is 3.84. The molecule has 1 saturated heterocycles. The monoisotopic (exact) mass is 522 g/mol. The van der Waals surface area contributed by atoms with Crippen molar-refractivity contribution in [1.82, 2.24) is 30.7 Å². The predicted octanol–water partition coefficient (Wildman–Crippen LogP) is 3.05. The van der Waals surface area contributed by atoms with Crippen molar-refractivity contribution in [2.75, 3.05) is 19.6 Å². The van der Waals surface area contributed by atoms with E-state index in [2.05, 4.69) is 30.7 Å². The van der Waals surface area contributed by atoms with Crippen LogP contribution in [0.4, 0.5) is 8.78 Å². The SMILES string of the molecule is O=C(N[C@@H]1CCN(CC2CC2)C[C@H]1C(=O)NC1(c2ncccn2)CC1)c1cc(-c2c(F)cccc2F)on1. The molecule has 1 aliphatic heterocycles. The molecule has 3 heterocycles. The number of benzene rings is 1. The van der Waals surface area contributed by atoms with E-state index in [1.807, 2.05) is 0 Å². The van der Waals surface area contributed by atoms with Crippen LogP contribution in [0.1, 0.15) is 48.4 Å². The van der Waals surface area contributed by atoms with E-state index >= 15 is 0 Å². The zero-order valence-electron chi connectivity index (χ0n) is 20.7. The quantitative estimate of drug-likeness (QED) is 0.468. The van der Waals surface area contributed by atoms with Crippen LogP contribution in [0.15, 0.2) is 47.2 Å². The summed E-state index contributed by atoms with van der Waals surface area (Å²) in [7, 11) is 0. The molecule has 2 aromatic heterocycles. The van der Waals surface area contributed by atoms with Crippen LogP contribution >= 0.6 is 0 Å². The lowest BCUT2D eigenvalue weighted by atomic mass is 9.90. The molecule has 3 aliphatic rings. The zero-order chi connectivity index (χ0) is 26.3. The Hall–Kier alpha value is -3.73. The fourth-order valence-electron chi connectivity index (χ4n) is 5.17. The van der Waals surface area contributed by atoms with Gasteiger partial charge in [0.15, 0.2) is 17.3 Å². The Morgan fingerprint density at radius 1 is 1.08 bits per heavy atom. The van der Waals surface area contributed by atoms with Crippen molar-refractivity contribution >= 4 is 11.8 Å². The van der Waals surface area contributed by atoms with E-state index in [0.29, 0.717) is 24.7 Å². The van der Waals surface area contributed by atoms with Crippen molar-refractivity contribution < 1.29 is 22.9 Å². The number of nitrogens with zero attached hydrogens (tertiary/aromatic N) is 4. The van der Waals surface area contributed by atoms with Crippen molar-refractivity contribution in [2.24, 2.45) is 11.8 Å². The first kappa shape index (κ1) is 24.6. The number of piperidine rings is 1. The van der Waals surface area contributed by atoms with Gasteiger partial charge in [0.05, 0.1) is 17.0 Å². The van der Waals surface area contributed by atoms with Crippen LogP contribution in [-0.4, -0.2) is 57.5 Å². The van der Waals surface area contributed by atoms with Gasteiger partial charge in [0.1, 0.15) is 11.6 Å². The second-order valence-electron chi connectivity index (χ2n) is 10.5. The van der Waals surface area contributed by atoms with Crippen LogP contribution < -0.4 is 10.6 Å². The van der Waals surface area contributed by atoms with Gasteiger partial charge in [0.2, 0.25) is 5.91 Å². The maximum atomic E-state index is 14.2. The number of likely N-dealkylation sites (tertiary alicyclic amines) is 1. The number of amides is 2. The largest absolute Gasteiger partial charge is 0.355 e. The lowest BCUT2D eigenvalue weighted by Gasteiger charge is -2.38. The number of nitrogens with one attached hydrogen (secondary N) is 2. The van der Waals surface area contributed by atoms with Gasteiger partial charge in [-0.25, -0.2) is 18.7 Å². The highest BCUT2D eigenvalue weighted by atomic mass is 19.1. The molecule has 2 saturated carbocycles. The first-order valence-electron chi connectivity index (χ1n) is 13.0. The van der Waals surface area contributed by atoms with Gasteiger partial charge in [0, 0.05) is 44.1 Å². The summed E-state index contributed by atoms with van der Waals surface area (Å²) < 4.78 is 33.4. The molecular formula is C27H28F2N6O3. The molecule has 0 bridgehead atoms. The first-order chi connectivity index (χ1) is 18.4. The summed E-state index contributed by atoms with van der Waals surface area (Å²) in [5.41, 5.74) is -1.07. The number of carbonyl (C=O) groups excluding carboxylic acids is 2. The summed E-state index contributed by atoms with van der Waals surface area (Å²) in [4.78, 5) is 37.7. The first-order valence-corrected chi connectivity index (χ1v) is 13.0. The highest BCUT2D eigenvalue weighted by molar-refractivity contribution is 5.94. The molecule has 2 aliphatic carbocycles. The lowest BCUT2D eigenvalue weighted by molar-refractivity contribution is -0.128. The Kier molecular flexibility index (Phi) is 6.38. The Balaban J connectivity index is 1.18. The number of halogens is 2.